The number of rotatable bonds is 7. The molecule has 1 aliphatic heterocycles. The molecule has 4 rings (SSSR count). The van der Waals surface area contributed by atoms with Crippen LogP contribution in [0.1, 0.15) is 41.7 Å². The largest absolute Gasteiger partial charge is 0.497 e. The van der Waals surface area contributed by atoms with Crippen molar-refractivity contribution < 1.29 is 23.9 Å². The number of amides is 2. The second-order valence-electron chi connectivity index (χ2n) is 8.45. The van der Waals surface area contributed by atoms with E-state index in [4.69, 9.17) is 9.47 Å². The molecule has 1 aliphatic rings. The number of methoxy groups -OCH3 is 2. The van der Waals surface area contributed by atoms with Crippen molar-refractivity contribution in [2.45, 2.75) is 25.8 Å². The standard InChI is InChI=1S/C28H28N2O5/c1-18(31)19-4-8-21(9-5-19)29-28(33)25-16-17-26(32)30(22-10-14-24(35-3)15-11-22)27(25)20-6-12-23(34-2)13-7-20/h4-15,25,27H,16-17H2,1-3H3,(H,29,33). The maximum Gasteiger partial charge on any atom is 0.229 e. The van der Waals surface area contributed by atoms with Gasteiger partial charge in [-0.1, -0.05) is 12.1 Å². The lowest BCUT2D eigenvalue weighted by Gasteiger charge is -2.41. The molecular formula is C28H28N2O5. The van der Waals surface area contributed by atoms with Gasteiger partial charge in [-0.2, -0.15) is 0 Å². The number of ether oxygens (including phenoxy) is 2. The molecule has 0 aliphatic carbocycles. The van der Waals surface area contributed by atoms with Gasteiger partial charge in [0.15, 0.2) is 5.78 Å². The number of carbonyl (C=O) groups excluding carboxylic acids is 3. The van der Waals surface area contributed by atoms with Crippen molar-refractivity contribution in [1.82, 2.24) is 0 Å². The molecule has 7 nitrogen and oxygen atoms in total. The van der Waals surface area contributed by atoms with Crippen LogP contribution in [-0.2, 0) is 9.59 Å². The Morgan fingerprint density at radius 2 is 1.43 bits per heavy atom. The number of piperidine rings is 1. The van der Waals surface area contributed by atoms with Crippen LogP contribution in [0.15, 0.2) is 72.8 Å². The monoisotopic (exact) mass is 472 g/mol. The van der Waals surface area contributed by atoms with E-state index in [1.165, 1.54) is 6.92 Å². The number of hydrogen-bond donors (Lipinski definition) is 1. The highest BCUT2D eigenvalue weighted by atomic mass is 16.5. The number of hydrogen-bond acceptors (Lipinski definition) is 5. The van der Waals surface area contributed by atoms with E-state index in [2.05, 4.69) is 5.32 Å². The SMILES string of the molecule is COc1ccc(C2C(C(=O)Nc3ccc(C(C)=O)cc3)CCC(=O)N2c2ccc(OC)cc2)cc1. The molecule has 3 aromatic rings. The highest BCUT2D eigenvalue weighted by Crippen LogP contribution is 2.41. The molecule has 7 heteroatoms. The molecule has 3 aromatic carbocycles. The van der Waals surface area contributed by atoms with Crippen molar-refractivity contribution in [1.29, 1.82) is 0 Å². The Morgan fingerprint density at radius 1 is 0.857 bits per heavy atom. The first-order valence-corrected chi connectivity index (χ1v) is 11.4. The number of nitrogens with zero attached hydrogens (tertiary/aromatic N) is 1. The van der Waals surface area contributed by atoms with Crippen LogP contribution >= 0.6 is 0 Å². The van der Waals surface area contributed by atoms with Gasteiger partial charge >= 0.3 is 0 Å². The Morgan fingerprint density at radius 3 is 1.97 bits per heavy atom. The van der Waals surface area contributed by atoms with E-state index >= 15 is 0 Å². The number of ketones is 1. The third-order valence-corrected chi connectivity index (χ3v) is 6.30. The Labute approximate surface area is 204 Å². The fourth-order valence-corrected chi connectivity index (χ4v) is 4.42. The van der Waals surface area contributed by atoms with Gasteiger partial charge in [-0.05, 0) is 79.6 Å². The molecule has 1 saturated heterocycles. The van der Waals surface area contributed by atoms with Crippen LogP contribution in [0, 0.1) is 5.92 Å². The predicted molar refractivity (Wildman–Crippen MR) is 134 cm³/mol. The molecular weight excluding hydrogens is 444 g/mol. The Bertz CT molecular complexity index is 1200. The van der Waals surface area contributed by atoms with Crippen LogP contribution in [-0.4, -0.2) is 31.8 Å². The van der Waals surface area contributed by atoms with Crippen LogP contribution in [0.3, 0.4) is 0 Å². The van der Waals surface area contributed by atoms with Crippen molar-refractivity contribution in [2.24, 2.45) is 5.92 Å². The molecule has 1 heterocycles. The zero-order chi connectivity index (χ0) is 24.9. The molecule has 1 fully saturated rings. The number of benzene rings is 3. The van der Waals surface area contributed by atoms with Crippen LogP contribution < -0.4 is 19.7 Å². The lowest BCUT2D eigenvalue weighted by atomic mass is 9.83. The fourth-order valence-electron chi connectivity index (χ4n) is 4.42. The summed E-state index contributed by atoms with van der Waals surface area (Å²) < 4.78 is 10.6. The fraction of sp³-hybridized carbons (Fsp3) is 0.250. The van der Waals surface area contributed by atoms with Gasteiger partial charge in [0, 0.05) is 23.4 Å². The van der Waals surface area contributed by atoms with Gasteiger partial charge < -0.3 is 19.7 Å². The van der Waals surface area contributed by atoms with E-state index in [0.29, 0.717) is 34.9 Å². The summed E-state index contributed by atoms with van der Waals surface area (Å²) in [4.78, 5) is 40.0. The van der Waals surface area contributed by atoms with Gasteiger partial charge in [0.1, 0.15) is 11.5 Å². The van der Waals surface area contributed by atoms with Crippen LogP contribution in [0.5, 0.6) is 11.5 Å². The average Bonchev–Trinajstić information content (AvgIpc) is 2.89. The average molecular weight is 473 g/mol. The summed E-state index contributed by atoms with van der Waals surface area (Å²) in [6.45, 7) is 1.50. The number of nitrogens with one attached hydrogen (secondary N) is 1. The molecule has 0 bridgehead atoms. The van der Waals surface area contributed by atoms with E-state index in [0.717, 1.165) is 5.56 Å². The van der Waals surface area contributed by atoms with E-state index in [1.54, 1.807) is 55.5 Å². The van der Waals surface area contributed by atoms with Gasteiger partial charge in [-0.25, -0.2) is 0 Å². The van der Waals surface area contributed by atoms with Crippen molar-refractivity contribution in [3.63, 3.8) is 0 Å². The van der Waals surface area contributed by atoms with Crippen molar-refractivity contribution in [3.8, 4) is 11.5 Å². The lowest BCUT2D eigenvalue weighted by Crippen LogP contribution is -2.46. The minimum Gasteiger partial charge on any atom is -0.497 e. The summed E-state index contributed by atoms with van der Waals surface area (Å²) in [5, 5.41) is 2.97. The lowest BCUT2D eigenvalue weighted by molar-refractivity contribution is -0.125. The molecule has 0 aromatic heterocycles. The molecule has 180 valence electrons. The van der Waals surface area contributed by atoms with Crippen molar-refractivity contribution in [3.05, 3.63) is 83.9 Å². The second-order valence-corrected chi connectivity index (χ2v) is 8.45. The van der Waals surface area contributed by atoms with E-state index in [-0.39, 0.29) is 24.0 Å². The van der Waals surface area contributed by atoms with Crippen molar-refractivity contribution >= 4 is 29.0 Å². The van der Waals surface area contributed by atoms with Gasteiger partial charge in [0.2, 0.25) is 11.8 Å². The normalized spacial score (nSPS) is 17.6. The Balaban J connectivity index is 1.69. The molecule has 35 heavy (non-hydrogen) atoms. The zero-order valence-corrected chi connectivity index (χ0v) is 20.0. The maximum absolute atomic E-state index is 13.5. The van der Waals surface area contributed by atoms with Gasteiger partial charge in [0.25, 0.3) is 0 Å². The molecule has 2 unspecified atom stereocenters. The molecule has 0 spiro atoms. The second kappa shape index (κ2) is 10.4. The van der Waals surface area contributed by atoms with Crippen LogP contribution in [0.25, 0.3) is 0 Å². The maximum atomic E-state index is 13.5. The first kappa shape index (κ1) is 24.0. The van der Waals surface area contributed by atoms with Crippen molar-refractivity contribution in [2.75, 3.05) is 24.4 Å². The summed E-state index contributed by atoms with van der Waals surface area (Å²) >= 11 is 0. The van der Waals surface area contributed by atoms with Gasteiger partial charge in [0.05, 0.1) is 26.2 Å². The summed E-state index contributed by atoms with van der Waals surface area (Å²) in [5.41, 5.74) is 2.70. The highest BCUT2D eigenvalue weighted by Gasteiger charge is 2.41. The first-order valence-electron chi connectivity index (χ1n) is 11.4. The van der Waals surface area contributed by atoms with Crippen LogP contribution in [0.2, 0.25) is 0 Å². The molecule has 2 atom stereocenters. The van der Waals surface area contributed by atoms with Crippen LogP contribution in [0.4, 0.5) is 11.4 Å². The first-order chi connectivity index (χ1) is 16.9. The summed E-state index contributed by atoms with van der Waals surface area (Å²) in [5.74, 6) is 0.609. The summed E-state index contributed by atoms with van der Waals surface area (Å²) in [7, 11) is 3.18. The van der Waals surface area contributed by atoms with Gasteiger partial charge in [-0.15, -0.1) is 0 Å². The predicted octanol–water partition coefficient (Wildman–Crippen LogP) is 5.03. The smallest absolute Gasteiger partial charge is 0.229 e. The number of carbonyl (C=O) groups is 3. The number of Topliss-reactive ketones (excluding diaryl/α,β-unsaturated/α-hetero) is 1. The topological polar surface area (TPSA) is 84.9 Å². The molecule has 2 amide bonds. The third kappa shape index (κ3) is 5.19. The van der Waals surface area contributed by atoms with E-state index in [1.807, 2.05) is 36.4 Å². The van der Waals surface area contributed by atoms with E-state index < -0.39 is 12.0 Å². The Kier molecular flexibility index (Phi) is 7.15. The summed E-state index contributed by atoms with van der Waals surface area (Å²) in [6, 6.07) is 21.0. The minimum absolute atomic E-state index is 0.0385. The third-order valence-electron chi connectivity index (χ3n) is 6.30. The quantitative estimate of drug-likeness (QED) is 0.488. The Hall–Kier alpha value is -4.13. The molecule has 0 radical (unpaired) electrons. The minimum atomic E-state index is -0.507. The van der Waals surface area contributed by atoms with E-state index in [9.17, 15) is 14.4 Å². The molecule has 0 saturated carbocycles. The summed E-state index contributed by atoms with van der Waals surface area (Å²) in [6.07, 6.45) is 0.666. The highest BCUT2D eigenvalue weighted by molar-refractivity contribution is 6.00. The number of anilines is 2. The molecule has 1 N–H and O–H groups in total. The van der Waals surface area contributed by atoms with Gasteiger partial charge in [-0.3, -0.25) is 14.4 Å². The zero-order valence-electron chi connectivity index (χ0n) is 20.0.